The third-order valence-electron chi connectivity index (χ3n) is 7.31. The number of carbonyl (C=O) groups excluding carboxylic acids is 2. The number of carbonyl (C=O) groups is 2. The normalized spacial score (nSPS) is 27.7. The molecule has 0 spiro atoms. The molecule has 38 heavy (non-hydrogen) atoms. The Hall–Kier alpha value is -1.75. The lowest BCUT2D eigenvalue weighted by Crippen LogP contribution is -2.61. The fraction of sp³-hybridized carbons (Fsp3) is 0.714. The van der Waals surface area contributed by atoms with E-state index in [0.717, 1.165) is 19.3 Å². The van der Waals surface area contributed by atoms with Gasteiger partial charge in [0.2, 0.25) is 5.91 Å². The van der Waals surface area contributed by atoms with Crippen LogP contribution in [0.3, 0.4) is 0 Å². The number of aliphatic hydroxyl groups is 3. The van der Waals surface area contributed by atoms with E-state index in [1.165, 1.54) is 55.9 Å². The van der Waals surface area contributed by atoms with Crippen molar-refractivity contribution in [3.8, 4) is 0 Å². The van der Waals surface area contributed by atoms with Crippen LogP contribution in [-0.4, -0.2) is 77.0 Å². The molecule has 3 rings (SSSR count). The fourth-order valence-corrected chi connectivity index (χ4v) is 5.23. The number of anilines is 1. The third kappa shape index (κ3) is 8.13. The Morgan fingerprint density at radius 2 is 1.61 bits per heavy atom. The number of ether oxygens (including phenoxy) is 2. The fourth-order valence-electron chi connectivity index (χ4n) is 5.06. The lowest BCUT2D eigenvalue weighted by Gasteiger charge is -2.42. The topological polar surface area (TPSA) is 129 Å². The molecule has 1 saturated heterocycles. The molecule has 2 heterocycles. The third-order valence-corrected chi connectivity index (χ3v) is 7.54. The first-order valence-electron chi connectivity index (χ1n) is 14.0. The molecule has 9 nitrogen and oxygen atoms in total. The summed E-state index contributed by atoms with van der Waals surface area (Å²) < 4.78 is 11.3. The predicted octanol–water partition coefficient (Wildman–Crippen LogP) is 3.55. The second-order valence-corrected chi connectivity index (χ2v) is 10.8. The quantitative estimate of drug-likeness (QED) is 0.259. The van der Waals surface area contributed by atoms with Gasteiger partial charge in [0.25, 0.3) is 5.91 Å². The summed E-state index contributed by atoms with van der Waals surface area (Å²) in [6.45, 7) is 3.95. The summed E-state index contributed by atoms with van der Waals surface area (Å²) in [5, 5.41) is 34.8. The Labute approximate surface area is 230 Å². The molecule has 0 radical (unpaired) electrons. The summed E-state index contributed by atoms with van der Waals surface area (Å²) in [6.07, 6.45) is 5.27. The molecule has 2 aliphatic rings. The van der Waals surface area contributed by atoms with Gasteiger partial charge in [-0.1, -0.05) is 76.3 Å². The molecule has 0 saturated carbocycles. The van der Waals surface area contributed by atoms with Gasteiger partial charge in [-0.15, -0.1) is 0 Å². The molecule has 1 aromatic rings. The maximum Gasteiger partial charge on any atom is 0.254 e. The van der Waals surface area contributed by atoms with Crippen LogP contribution < -0.4 is 10.2 Å². The van der Waals surface area contributed by atoms with Crippen molar-refractivity contribution in [3.63, 3.8) is 0 Å². The summed E-state index contributed by atoms with van der Waals surface area (Å²) in [7, 11) is 0. The van der Waals surface area contributed by atoms with Gasteiger partial charge in [-0.05, 0) is 31.5 Å². The first-order chi connectivity index (χ1) is 18.2. The number of nitrogens with one attached hydrogen (secondary N) is 1. The number of halogens is 1. The van der Waals surface area contributed by atoms with Crippen LogP contribution in [0, 0.1) is 0 Å². The van der Waals surface area contributed by atoms with Crippen molar-refractivity contribution in [2.45, 2.75) is 115 Å². The van der Waals surface area contributed by atoms with Gasteiger partial charge in [0.1, 0.15) is 30.5 Å². The molecule has 2 aliphatic heterocycles. The molecule has 1 aromatic carbocycles. The highest BCUT2D eigenvalue weighted by Gasteiger charge is 2.46. The summed E-state index contributed by atoms with van der Waals surface area (Å²) in [4.78, 5) is 27.1. The van der Waals surface area contributed by atoms with E-state index in [1.807, 2.05) is 0 Å². The molecule has 214 valence electrons. The van der Waals surface area contributed by atoms with Gasteiger partial charge in [0.15, 0.2) is 6.29 Å². The Morgan fingerprint density at radius 1 is 0.974 bits per heavy atom. The highest BCUT2D eigenvalue weighted by atomic mass is 35.5. The van der Waals surface area contributed by atoms with Crippen molar-refractivity contribution in [2.24, 2.45) is 0 Å². The highest BCUT2D eigenvalue weighted by Crippen LogP contribution is 2.30. The van der Waals surface area contributed by atoms with Gasteiger partial charge in [-0.2, -0.15) is 0 Å². The minimum Gasteiger partial charge on any atom is -0.388 e. The van der Waals surface area contributed by atoms with E-state index in [0.29, 0.717) is 17.3 Å². The van der Waals surface area contributed by atoms with E-state index in [2.05, 4.69) is 12.2 Å². The summed E-state index contributed by atoms with van der Waals surface area (Å²) in [5.74, 6) is -0.845. The number of nitrogens with zero attached hydrogens (tertiary/aromatic N) is 1. The zero-order valence-electron chi connectivity index (χ0n) is 22.5. The molecule has 0 aliphatic carbocycles. The van der Waals surface area contributed by atoms with Crippen molar-refractivity contribution >= 4 is 29.1 Å². The number of hydrogen-bond donors (Lipinski definition) is 4. The van der Waals surface area contributed by atoms with Gasteiger partial charge in [0, 0.05) is 11.6 Å². The monoisotopic (exact) mass is 554 g/mol. The van der Waals surface area contributed by atoms with Crippen molar-refractivity contribution in [2.75, 3.05) is 18.1 Å². The number of rotatable bonds is 14. The van der Waals surface area contributed by atoms with Gasteiger partial charge in [-0.25, -0.2) is 0 Å². The highest BCUT2D eigenvalue weighted by molar-refractivity contribution is 6.31. The Balaban J connectivity index is 1.55. The number of unbranched alkanes of at least 4 members (excludes halogenated alkanes) is 9. The molecular formula is C28H43ClN2O7. The van der Waals surface area contributed by atoms with E-state index in [9.17, 15) is 24.9 Å². The largest absolute Gasteiger partial charge is 0.388 e. The molecule has 1 fully saturated rings. The number of fused-ring (bicyclic) bond motifs is 1. The number of aliphatic hydroxyl groups excluding tert-OH is 3. The second kappa shape index (κ2) is 15.1. The van der Waals surface area contributed by atoms with Crippen LogP contribution in [0.25, 0.3) is 0 Å². The minimum atomic E-state index is -1.59. The van der Waals surface area contributed by atoms with E-state index < -0.39 is 48.6 Å². The average molecular weight is 555 g/mol. The van der Waals surface area contributed by atoms with Gasteiger partial charge < -0.3 is 35.0 Å². The lowest BCUT2D eigenvalue weighted by molar-refractivity contribution is -0.287. The van der Waals surface area contributed by atoms with Gasteiger partial charge in [0.05, 0.1) is 17.8 Å². The Morgan fingerprint density at radius 3 is 2.26 bits per heavy atom. The Bertz CT molecular complexity index is 917. The second-order valence-electron chi connectivity index (χ2n) is 10.4. The Kier molecular flexibility index (Phi) is 12.3. The molecule has 0 bridgehead atoms. The van der Waals surface area contributed by atoms with Crippen molar-refractivity contribution < 1.29 is 34.4 Å². The van der Waals surface area contributed by atoms with E-state index in [4.69, 9.17) is 21.1 Å². The average Bonchev–Trinajstić information content (AvgIpc) is 2.97. The van der Waals surface area contributed by atoms with Crippen LogP contribution in [0.4, 0.5) is 5.69 Å². The smallest absolute Gasteiger partial charge is 0.254 e. The first kappa shape index (κ1) is 30.8. The standard InChI is InChI=1S/C28H43ClN2O7/c1-3-4-5-6-7-8-9-10-11-12-15-37-25-23(32)22(38-28(36)24(25)33)17-31-21-14-13-19(29)16-20(21)26(34)30-18(2)27(31)35/h13-14,16,18,22-25,28,32-33,36H,3-12,15,17H2,1-2H3,(H,30,34)/t18?,22-,23-,24-,25+,28?/m1/s1. The van der Waals surface area contributed by atoms with Crippen LogP contribution in [0.5, 0.6) is 0 Å². The van der Waals surface area contributed by atoms with Crippen molar-refractivity contribution in [1.29, 1.82) is 0 Å². The van der Waals surface area contributed by atoms with Gasteiger partial charge in [-0.3, -0.25) is 9.59 Å². The van der Waals surface area contributed by atoms with E-state index >= 15 is 0 Å². The minimum absolute atomic E-state index is 0.157. The van der Waals surface area contributed by atoms with Crippen molar-refractivity contribution in [1.82, 2.24) is 5.32 Å². The zero-order valence-corrected chi connectivity index (χ0v) is 23.2. The number of benzene rings is 1. The summed E-state index contributed by atoms with van der Waals surface area (Å²) in [5.41, 5.74) is 0.537. The summed E-state index contributed by atoms with van der Waals surface area (Å²) in [6, 6.07) is 3.78. The van der Waals surface area contributed by atoms with Crippen LogP contribution in [0.1, 0.15) is 88.4 Å². The van der Waals surface area contributed by atoms with Crippen molar-refractivity contribution in [3.05, 3.63) is 28.8 Å². The maximum absolute atomic E-state index is 13.1. The predicted molar refractivity (Wildman–Crippen MR) is 145 cm³/mol. The number of hydrogen-bond acceptors (Lipinski definition) is 7. The number of amides is 2. The molecule has 2 amide bonds. The van der Waals surface area contributed by atoms with Gasteiger partial charge >= 0.3 is 0 Å². The zero-order chi connectivity index (χ0) is 27.7. The molecule has 2 unspecified atom stereocenters. The van der Waals surface area contributed by atoms with Crippen LogP contribution in [0.2, 0.25) is 5.02 Å². The van der Waals surface area contributed by atoms with Crippen LogP contribution in [-0.2, 0) is 14.3 Å². The molecule has 0 aromatic heterocycles. The van der Waals surface area contributed by atoms with Crippen LogP contribution in [0.15, 0.2) is 18.2 Å². The summed E-state index contributed by atoms with van der Waals surface area (Å²) >= 11 is 6.08. The lowest BCUT2D eigenvalue weighted by atomic mass is 9.97. The van der Waals surface area contributed by atoms with E-state index in [-0.39, 0.29) is 12.1 Å². The molecule has 10 heteroatoms. The maximum atomic E-state index is 13.1. The SMILES string of the molecule is CCCCCCCCCCCCO[C@H]1[C@H](O)[C@@H](CN2C(=O)C(C)NC(=O)c3cc(Cl)ccc32)OC(O)[C@@H]1O. The molecule has 4 N–H and O–H groups in total. The van der Waals surface area contributed by atoms with Crippen LogP contribution >= 0.6 is 11.6 Å². The first-order valence-corrected chi connectivity index (χ1v) is 14.4. The molecular weight excluding hydrogens is 512 g/mol. The molecule has 6 atom stereocenters. The van der Waals surface area contributed by atoms with E-state index in [1.54, 1.807) is 19.1 Å².